The van der Waals surface area contributed by atoms with E-state index in [2.05, 4.69) is 25.7 Å². The van der Waals surface area contributed by atoms with Crippen LogP contribution in [-0.4, -0.2) is 70.5 Å². The molecule has 1 saturated heterocycles. The van der Waals surface area contributed by atoms with E-state index >= 15 is 0 Å². The standard InChI is InChI=1S/C23H26ClFN8O2S/c1-3-36(34,35)32-7-6-20(19(25)14-32)30-23-28-11-16(9-26)22(31-23)17-12-29-33(13-17)21-5-4-15(10-27-2)8-18(21)24/h4-5,8,11-13,19-20,27H,3,6-7,10,14H2,1-2H3,(H,28,30,31)/t19-,20+/m1/s1/i2D3. The largest absolute Gasteiger partial charge is 0.348 e. The van der Waals surface area contributed by atoms with Crippen molar-refractivity contribution in [1.29, 1.82) is 5.26 Å². The van der Waals surface area contributed by atoms with Gasteiger partial charge in [0.05, 0.1) is 46.2 Å². The van der Waals surface area contributed by atoms with Crippen LogP contribution in [0, 0.1) is 11.3 Å². The Kier molecular flexibility index (Phi) is 6.68. The number of rotatable bonds is 8. The summed E-state index contributed by atoms with van der Waals surface area (Å²) >= 11 is 6.43. The van der Waals surface area contributed by atoms with Crippen molar-refractivity contribution in [1.82, 2.24) is 29.4 Å². The first kappa shape index (κ1) is 22.1. The van der Waals surface area contributed by atoms with Crippen molar-refractivity contribution in [3.05, 3.63) is 52.9 Å². The molecular weight excluding hydrogens is 507 g/mol. The minimum absolute atomic E-state index is 0.0925. The molecule has 0 bridgehead atoms. The van der Waals surface area contributed by atoms with Crippen molar-refractivity contribution in [2.45, 2.75) is 32.1 Å². The average Bonchev–Trinajstić information content (AvgIpc) is 3.38. The SMILES string of the molecule is [2H]C([2H])([2H])NCc1ccc(-n2cc(-c3nc(N[C@H]4CCN(S(=O)(=O)CC)C[C@H]4F)ncc3C#N)cn2)c(Cl)c1. The summed E-state index contributed by atoms with van der Waals surface area (Å²) in [5, 5.41) is 19.6. The van der Waals surface area contributed by atoms with E-state index in [9.17, 15) is 18.1 Å². The van der Waals surface area contributed by atoms with Gasteiger partial charge in [-0.15, -0.1) is 0 Å². The second kappa shape index (κ2) is 10.9. The van der Waals surface area contributed by atoms with E-state index in [-0.39, 0.29) is 49.0 Å². The fourth-order valence-electron chi connectivity index (χ4n) is 3.92. The van der Waals surface area contributed by atoms with Crippen molar-refractivity contribution in [3.63, 3.8) is 0 Å². The van der Waals surface area contributed by atoms with Crippen LogP contribution in [0.4, 0.5) is 10.3 Å². The normalized spacial score (nSPS) is 20.2. The summed E-state index contributed by atoms with van der Waals surface area (Å²) in [5.41, 5.74) is 2.15. The first-order valence-electron chi connectivity index (χ1n) is 12.6. The molecule has 10 nitrogen and oxygen atoms in total. The molecule has 2 N–H and O–H groups in total. The van der Waals surface area contributed by atoms with Crippen LogP contribution in [-0.2, 0) is 16.6 Å². The number of halogens is 2. The molecule has 2 aromatic heterocycles. The summed E-state index contributed by atoms with van der Waals surface area (Å²) in [5.74, 6) is 0.00506. The molecule has 0 amide bonds. The third kappa shape index (κ3) is 5.49. The van der Waals surface area contributed by atoms with Gasteiger partial charge in [0, 0.05) is 35.5 Å². The third-order valence-electron chi connectivity index (χ3n) is 5.89. The molecule has 1 fully saturated rings. The highest BCUT2D eigenvalue weighted by Gasteiger charge is 2.34. The zero-order chi connectivity index (χ0) is 28.4. The Labute approximate surface area is 218 Å². The van der Waals surface area contributed by atoms with Crippen LogP contribution in [0.25, 0.3) is 16.9 Å². The van der Waals surface area contributed by atoms with Crippen LogP contribution in [0.5, 0.6) is 0 Å². The molecule has 0 aliphatic carbocycles. The lowest BCUT2D eigenvalue weighted by Crippen LogP contribution is -2.50. The van der Waals surface area contributed by atoms with E-state index in [1.807, 2.05) is 6.07 Å². The molecule has 0 spiro atoms. The molecule has 3 heterocycles. The predicted molar refractivity (Wildman–Crippen MR) is 135 cm³/mol. The van der Waals surface area contributed by atoms with Gasteiger partial charge in [-0.2, -0.15) is 14.7 Å². The highest BCUT2D eigenvalue weighted by Crippen LogP contribution is 2.27. The lowest BCUT2D eigenvalue weighted by atomic mass is 10.1. The monoisotopic (exact) mass is 535 g/mol. The van der Waals surface area contributed by atoms with Crippen molar-refractivity contribution in [2.24, 2.45) is 0 Å². The fourth-order valence-corrected chi connectivity index (χ4v) is 5.33. The number of anilines is 1. The molecule has 3 aromatic rings. The lowest BCUT2D eigenvalue weighted by molar-refractivity contribution is 0.186. The third-order valence-corrected chi connectivity index (χ3v) is 8.04. The number of benzene rings is 1. The summed E-state index contributed by atoms with van der Waals surface area (Å²) in [6, 6.07) is 6.39. The molecule has 1 aromatic carbocycles. The Hall–Kier alpha value is -3.11. The molecule has 190 valence electrons. The van der Waals surface area contributed by atoms with E-state index < -0.39 is 29.2 Å². The maximum Gasteiger partial charge on any atom is 0.223 e. The van der Waals surface area contributed by atoms with E-state index in [0.717, 1.165) is 4.31 Å². The van der Waals surface area contributed by atoms with Crippen LogP contribution in [0.15, 0.2) is 36.8 Å². The molecule has 2 atom stereocenters. The van der Waals surface area contributed by atoms with Gasteiger partial charge in [-0.25, -0.2) is 27.5 Å². The molecule has 1 aliphatic heterocycles. The van der Waals surface area contributed by atoms with Gasteiger partial charge >= 0.3 is 0 Å². The lowest BCUT2D eigenvalue weighted by Gasteiger charge is -2.34. The Morgan fingerprint density at radius 1 is 1.39 bits per heavy atom. The number of piperidine rings is 1. The van der Waals surface area contributed by atoms with Crippen LogP contribution in [0.2, 0.25) is 5.02 Å². The van der Waals surface area contributed by atoms with Crippen LogP contribution in [0.1, 0.15) is 28.6 Å². The minimum atomic E-state index is -3.48. The molecule has 0 saturated carbocycles. The number of sulfonamides is 1. The number of nitrogens with zero attached hydrogens (tertiary/aromatic N) is 6. The Bertz CT molecular complexity index is 1500. The number of hydrogen-bond acceptors (Lipinski definition) is 8. The Morgan fingerprint density at radius 3 is 2.92 bits per heavy atom. The molecule has 13 heteroatoms. The van der Waals surface area contributed by atoms with Crippen molar-refractivity contribution < 1.29 is 16.9 Å². The number of nitriles is 1. The molecule has 0 unspecified atom stereocenters. The van der Waals surface area contributed by atoms with Crippen LogP contribution < -0.4 is 10.6 Å². The number of alkyl halides is 1. The molecule has 0 radical (unpaired) electrons. The zero-order valence-corrected chi connectivity index (χ0v) is 20.9. The summed E-state index contributed by atoms with van der Waals surface area (Å²) < 4.78 is 63.4. The second-order valence-corrected chi connectivity index (χ2v) is 10.9. The van der Waals surface area contributed by atoms with E-state index in [1.54, 1.807) is 24.4 Å². The minimum Gasteiger partial charge on any atom is -0.348 e. The summed E-state index contributed by atoms with van der Waals surface area (Å²) in [6.45, 7) is -0.725. The number of aromatic nitrogens is 4. The van der Waals surface area contributed by atoms with Gasteiger partial charge in [0.15, 0.2) is 0 Å². The smallest absolute Gasteiger partial charge is 0.223 e. The first-order chi connectivity index (χ1) is 18.4. The molecular formula is C23H26ClFN8O2S. The average molecular weight is 536 g/mol. The van der Waals surface area contributed by atoms with Gasteiger partial charge in [0.25, 0.3) is 0 Å². The zero-order valence-electron chi connectivity index (χ0n) is 22.3. The van der Waals surface area contributed by atoms with E-state index in [4.69, 9.17) is 15.7 Å². The molecule has 36 heavy (non-hydrogen) atoms. The first-order valence-corrected chi connectivity index (χ1v) is 13.1. The van der Waals surface area contributed by atoms with Crippen molar-refractivity contribution in [3.8, 4) is 23.0 Å². The van der Waals surface area contributed by atoms with E-state index in [1.165, 1.54) is 24.0 Å². The quantitative estimate of drug-likeness (QED) is 0.450. The maximum atomic E-state index is 14.8. The van der Waals surface area contributed by atoms with Gasteiger partial charge in [-0.1, -0.05) is 17.7 Å². The van der Waals surface area contributed by atoms with Crippen LogP contribution >= 0.6 is 11.6 Å². The predicted octanol–water partition coefficient (Wildman–Crippen LogP) is 2.75. The van der Waals surface area contributed by atoms with Gasteiger partial charge in [0.2, 0.25) is 16.0 Å². The second-order valence-electron chi connectivity index (χ2n) is 8.19. The van der Waals surface area contributed by atoms with E-state index in [0.29, 0.717) is 21.8 Å². The number of nitrogens with one attached hydrogen (secondary N) is 2. The topological polar surface area (TPSA) is 129 Å². The maximum absolute atomic E-state index is 14.8. The van der Waals surface area contributed by atoms with Gasteiger partial charge in [-0.3, -0.25) is 0 Å². The van der Waals surface area contributed by atoms with Crippen molar-refractivity contribution in [2.75, 3.05) is 31.1 Å². The van der Waals surface area contributed by atoms with Gasteiger partial charge < -0.3 is 10.6 Å². The fraction of sp³-hybridized carbons (Fsp3) is 0.391. The summed E-state index contributed by atoms with van der Waals surface area (Å²) in [7, 11) is -3.48. The van der Waals surface area contributed by atoms with Crippen molar-refractivity contribution >= 4 is 27.6 Å². The summed E-state index contributed by atoms with van der Waals surface area (Å²) in [6.07, 6.45) is 3.21. The van der Waals surface area contributed by atoms with Crippen LogP contribution in [0.3, 0.4) is 0 Å². The Balaban J connectivity index is 1.52. The Morgan fingerprint density at radius 2 is 2.22 bits per heavy atom. The molecule has 4 rings (SSSR count). The highest BCUT2D eigenvalue weighted by molar-refractivity contribution is 7.89. The molecule has 1 aliphatic rings. The summed E-state index contributed by atoms with van der Waals surface area (Å²) in [4.78, 5) is 8.56. The van der Waals surface area contributed by atoms with Gasteiger partial charge in [-0.05, 0) is 38.0 Å². The van der Waals surface area contributed by atoms with Gasteiger partial charge in [0.1, 0.15) is 12.2 Å². The highest BCUT2D eigenvalue weighted by atomic mass is 35.5. The number of hydrogen-bond donors (Lipinski definition) is 2.